The van der Waals surface area contributed by atoms with Crippen LogP contribution in [0.2, 0.25) is 0 Å². The molecule has 1 heterocycles. The second-order valence-electron chi connectivity index (χ2n) is 8.15. The zero-order valence-corrected chi connectivity index (χ0v) is 16.6. The van der Waals surface area contributed by atoms with Gasteiger partial charge in [0, 0.05) is 31.5 Å². The Hall–Kier alpha value is -2.04. The molecule has 1 aliphatic carbocycles. The Labute approximate surface area is 162 Å². The zero-order chi connectivity index (χ0) is 19.2. The fourth-order valence-corrected chi connectivity index (χ4v) is 4.33. The third kappa shape index (κ3) is 5.24. The number of methoxy groups -OCH3 is 1. The van der Waals surface area contributed by atoms with Crippen LogP contribution < -0.4 is 10.1 Å². The lowest BCUT2D eigenvalue weighted by atomic mass is 9.80. The predicted molar refractivity (Wildman–Crippen MR) is 105 cm³/mol. The molecule has 5 nitrogen and oxygen atoms in total. The van der Waals surface area contributed by atoms with E-state index in [2.05, 4.69) is 17.1 Å². The topological polar surface area (TPSA) is 58.6 Å². The average Bonchev–Trinajstić information content (AvgIpc) is 2.72. The van der Waals surface area contributed by atoms with Crippen LogP contribution in [0.3, 0.4) is 0 Å². The van der Waals surface area contributed by atoms with E-state index in [1.165, 1.54) is 6.42 Å². The summed E-state index contributed by atoms with van der Waals surface area (Å²) < 4.78 is 5.15. The fourth-order valence-electron chi connectivity index (χ4n) is 4.33. The van der Waals surface area contributed by atoms with E-state index in [4.69, 9.17) is 4.74 Å². The van der Waals surface area contributed by atoms with E-state index < -0.39 is 0 Å². The lowest BCUT2D eigenvalue weighted by Crippen LogP contribution is -2.44. The Morgan fingerprint density at radius 2 is 1.74 bits per heavy atom. The van der Waals surface area contributed by atoms with Gasteiger partial charge in [0.1, 0.15) is 5.75 Å². The van der Waals surface area contributed by atoms with Crippen LogP contribution in [0.1, 0.15) is 51.0 Å². The molecule has 2 aliphatic rings. The number of amides is 2. The fraction of sp³-hybridized carbons (Fsp3) is 0.636. The summed E-state index contributed by atoms with van der Waals surface area (Å²) in [5.74, 6) is 2.01. The molecule has 1 N–H and O–H groups in total. The highest BCUT2D eigenvalue weighted by Crippen LogP contribution is 2.31. The average molecular weight is 373 g/mol. The van der Waals surface area contributed by atoms with Gasteiger partial charge in [-0.3, -0.25) is 9.59 Å². The number of benzene rings is 1. The normalized spacial score (nSPS) is 25.7. The molecule has 2 fully saturated rings. The van der Waals surface area contributed by atoms with Crippen molar-refractivity contribution in [2.45, 2.75) is 52.0 Å². The van der Waals surface area contributed by atoms with E-state index in [1.54, 1.807) is 7.11 Å². The van der Waals surface area contributed by atoms with Crippen LogP contribution in [-0.2, 0) is 16.1 Å². The number of likely N-dealkylation sites (tertiary alicyclic amines) is 1. The summed E-state index contributed by atoms with van der Waals surface area (Å²) in [6.45, 7) is 4.57. The summed E-state index contributed by atoms with van der Waals surface area (Å²) in [5.41, 5.74) is 1.06. The van der Waals surface area contributed by atoms with Gasteiger partial charge in [0.2, 0.25) is 11.8 Å². The van der Waals surface area contributed by atoms with Crippen LogP contribution in [-0.4, -0.2) is 36.9 Å². The molecule has 1 aromatic rings. The smallest absolute Gasteiger partial charge is 0.225 e. The molecule has 0 aromatic heterocycles. The van der Waals surface area contributed by atoms with Crippen LogP contribution >= 0.6 is 0 Å². The lowest BCUT2D eigenvalue weighted by Gasteiger charge is -2.35. The Balaban J connectivity index is 1.42. The van der Waals surface area contributed by atoms with Crippen LogP contribution in [0.4, 0.5) is 0 Å². The maximum absolute atomic E-state index is 12.8. The maximum Gasteiger partial charge on any atom is 0.225 e. The first-order valence-corrected chi connectivity index (χ1v) is 10.3. The number of rotatable bonds is 5. The molecular formula is C22H32N2O3. The quantitative estimate of drug-likeness (QED) is 0.862. The van der Waals surface area contributed by atoms with Gasteiger partial charge in [-0.25, -0.2) is 0 Å². The minimum absolute atomic E-state index is 0.0348. The standard InChI is InChI=1S/C22H32N2O3/c1-16-4-3-13-24(15-16)22(26)19-9-7-18(8-10-19)21(25)23-14-17-5-11-20(27-2)12-6-17/h5-6,11-12,16,18-19H,3-4,7-10,13-15H2,1-2H3,(H,23,25). The number of piperidine rings is 1. The van der Waals surface area contributed by atoms with Crippen molar-refractivity contribution in [3.63, 3.8) is 0 Å². The van der Waals surface area contributed by atoms with Crippen molar-refractivity contribution in [2.75, 3.05) is 20.2 Å². The third-order valence-electron chi connectivity index (χ3n) is 6.04. The summed E-state index contributed by atoms with van der Waals surface area (Å²) in [4.78, 5) is 27.3. The Kier molecular flexibility index (Phi) is 6.75. The summed E-state index contributed by atoms with van der Waals surface area (Å²) >= 11 is 0. The number of hydrogen-bond acceptors (Lipinski definition) is 3. The highest BCUT2D eigenvalue weighted by atomic mass is 16.5. The number of carbonyl (C=O) groups is 2. The predicted octanol–water partition coefficient (Wildman–Crippen LogP) is 3.38. The molecule has 0 radical (unpaired) electrons. The van der Waals surface area contributed by atoms with Crippen molar-refractivity contribution < 1.29 is 14.3 Å². The Bertz CT molecular complexity index is 635. The molecule has 148 valence electrons. The maximum atomic E-state index is 12.8. The van der Waals surface area contributed by atoms with Crippen molar-refractivity contribution in [1.29, 1.82) is 0 Å². The van der Waals surface area contributed by atoms with Gasteiger partial charge in [-0.1, -0.05) is 19.1 Å². The minimum Gasteiger partial charge on any atom is -0.497 e. The van der Waals surface area contributed by atoms with Crippen LogP contribution in [0.15, 0.2) is 24.3 Å². The van der Waals surface area contributed by atoms with Crippen LogP contribution in [0, 0.1) is 17.8 Å². The van der Waals surface area contributed by atoms with Gasteiger partial charge in [-0.15, -0.1) is 0 Å². The van der Waals surface area contributed by atoms with E-state index in [9.17, 15) is 9.59 Å². The Morgan fingerprint density at radius 1 is 1.07 bits per heavy atom. The molecule has 3 rings (SSSR count). The lowest BCUT2D eigenvalue weighted by molar-refractivity contribution is -0.140. The molecule has 0 spiro atoms. The molecule has 1 saturated carbocycles. The summed E-state index contributed by atoms with van der Waals surface area (Å²) in [6, 6.07) is 7.74. The summed E-state index contributed by atoms with van der Waals surface area (Å²) in [7, 11) is 1.64. The van der Waals surface area contributed by atoms with Gasteiger partial charge in [-0.2, -0.15) is 0 Å². The highest BCUT2D eigenvalue weighted by molar-refractivity contribution is 5.81. The van der Waals surface area contributed by atoms with E-state index in [-0.39, 0.29) is 17.7 Å². The highest BCUT2D eigenvalue weighted by Gasteiger charge is 2.33. The van der Waals surface area contributed by atoms with Gasteiger partial charge in [-0.05, 0) is 62.1 Å². The molecule has 27 heavy (non-hydrogen) atoms. The molecule has 1 aromatic carbocycles. The molecule has 5 heteroatoms. The van der Waals surface area contributed by atoms with Crippen LogP contribution in [0.5, 0.6) is 5.75 Å². The third-order valence-corrected chi connectivity index (χ3v) is 6.04. The molecule has 1 unspecified atom stereocenters. The van der Waals surface area contributed by atoms with Gasteiger partial charge in [0.15, 0.2) is 0 Å². The van der Waals surface area contributed by atoms with E-state index in [0.29, 0.717) is 18.4 Å². The second kappa shape index (κ2) is 9.25. The van der Waals surface area contributed by atoms with Gasteiger partial charge >= 0.3 is 0 Å². The van der Waals surface area contributed by atoms with Crippen molar-refractivity contribution in [2.24, 2.45) is 17.8 Å². The first-order chi connectivity index (χ1) is 13.1. The SMILES string of the molecule is COc1ccc(CNC(=O)C2CCC(C(=O)N3CCCC(C)C3)CC2)cc1. The molecule has 1 atom stereocenters. The van der Waals surface area contributed by atoms with Crippen molar-refractivity contribution in [3.8, 4) is 5.75 Å². The first-order valence-electron chi connectivity index (χ1n) is 10.3. The Morgan fingerprint density at radius 3 is 2.37 bits per heavy atom. The monoisotopic (exact) mass is 372 g/mol. The number of nitrogens with zero attached hydrogens (tertiary/aromatic N) is 1. The number of carbonyl (C=O) groups excluding carboxylic acids is 2. The van der Waals surface area contributed by atoms with Crippen LogP contribution in [0.25, 0.3) is 0 Å². The van der Waals surface area contributed by atoms with Crippen molar-refractivity contribution in [1.82, 2.24) is 10.2 Å². The molecule has 1 saturated heterocycles. The summed E-state index contributed by atoms with van der Waals surface area (Å²) in [6.07, 6.45) is 5.65. The van der Waals surface area contributed by atoms with Gasteiger partial charge in [0.25, 0.3) is 0 Å². The second-order valence-corrected chi connectivity index (χ2v) is 8.15. The van der Waals surface area contributed by atoms with Crippen molar-refractivity contribution >= 4 is 11.8 Å². The largest absolute Gasteiger partial charge is 0.497 e. The zero-order valence-electron chi connectivity index (χ0n) is 16.6. The minimum atomic E-state index is 0.0348. The molecular weight excluding hydrogens is 340 g/mol. The van der Waals surface area contributed by atoms with Crippen molar-refractivity contribution in [3.05, 3.63) is 29.8 Å². The van der Waals surface area contributed by atoms with E-state index in [0.717, 1.165) is 56.5 Å². The molecule has 1 aliphatic heterocycles. The van der Waals surface area contributed by atoms with E-state index in [1.807, 2.05) is 24.3 Å². The molecule has 2 amide bonds. The van der Waals surface area contributed by atoms with E-state index >= 15 is 0 Å². The summed E-state index contributed by atoms with van der Waals surface area (Å²) in [5, 5.41) is 3.04. The number of hydrogen-bond donors (Lipinski definition) is 1. The number of nitrogens with one attached hydrogen (secondary N) is 1. The molecule has 0 bridgehead atoms. The first kappa shape index (κ1) is 19.7. The number of ether oxygens (including phenoxy) is 1. The van der Waals surface area contributed by atoms with Gasteiger partial charge < -0.3 is 15.0 Å². The van der Waals surface area contributed by atoms with Gasteiger partial charge in [0.05, 0.1) is 7.11 Å².